The zero-order valence-electron chi connectivity index (χ0n) is 9.99. The first-order chi connectivity index (χ1) is 8.97. The monoisotopic (exact) mass is 330 g/mol. The number of carbonyl (C=O) groups excluding carboxylic acids is 1. The number of alkyl halides is 1. The normalized spacial score (nSPS) is 16.5. The van der Waals surface area contributed by atoms with Crippen molar-refractivity contribution in [1.29, 1.82) is 0 Å². The number of nitro groups is 1. The van der Waals surface area contributed by atoms with Gasteiger partial charge in [0.25, 0.3) is 11.6 Å². The SMILES string of the molecule is O=C(NC1(CBr)CCC1)c1ccc([N+](=O)[O-])cc1F. The lowest BCUT2D eigenvalue weighted by Gasteiger charge is -2.41. The average Bonchev–Trinajstić information content (AvgIpc) is 2.33. The van der Waals surface area contributed by atoms with Crippen LogP contribution < -0.4 is 5.32 Å². The first kappa shape index (κ1) is 13.9. The van der Waals surface area contributed by atoms with Gasteiger partial charge in [-0.2, -0.15) is 0 Å². The highest BCUT2D eigenvalue weighted by Gasteiger charge is 2.37. The van der Waals surface area contributed by atoms with Crippen LogP contribution in [0, 0.1) is 15.9 Å². The number of hydrogen-bond acceptors (Lipinski definition) is 3. The van der Waals surface area contributed by atoms with E-state index < -0.39 is 16.6 Å². The highest BCUT2D eigenvalue weighted by molar-refractivity contribution is 9.09. The molecule has 1 amide bonds. The van der Waals surface area contributed by atoms with Gasteiger partial charge in [0, 0.05) is 11.4 Å². The van der Waals surface area contributed by atoms with Gasteiger partial charge in [0.2, 0.25) is 0 Å². The summed E-state index contributed by atoms with van der Waals surface area (Å²) in [5, 5.41) is 13.9. The first-order valence-electron chi connectivity index (χ1n) is 5.80. The Morgan fingerprint density at radius 1 is 1.53 bits per heavy atom. The van der Waals surface area contributed by atoms with Crippen molar-refractivity contribution in [2.24, 2.45) is 0 Å². The molecule has 5 nitrogen and oxygen atoms in total. The molecule has 1 aromatic carbocycles. The van der Waals surface area contributed by atoms with Gasteiger partial charge in [0.15, 0.2) is 0 Å². The third-order valence-corrected chi connectivity index (χ3v) is 4.43. The highest BCUT2D eigenvalue weighted by Crippen LogP contribution is 2.33. The quantitative estimate of drug-likeness (QED) is 0.524. The van der Waals surface area contributed by atoms with Crippen LogP contribution in [0.2, 0.25) is 0 Å². The summed E-state index contributed by atoms with van der Waals surface area (Å²) in [6.45, 7) is 0. The van der Waals surface area contributed by atoms with Crippen LogP contribution in [-0.4, -0.2) is 21.7 Å². The summed E-state index contributed by atoms with van der Waals surface area (Å²) >= 11 is 3.34. The molecule has 0 heterocycles. The summed E-state index contributed by atoms with van der Waals surface area (Å²) < 4.78 is 13.7. The Balaban J connectivity index is 2.17. The summed E-state index contributed by atoms with van der Waals surface area (Å²) in [6, 6.07) is 3.03. The predicted octanol–water partition coefficient (Wildman–Crippen LogP) is 2.78. The van der Waals surface area contributed by atoms with Crippen LogP contribution in [0.15, 0.2) is 18.2 Å². The lowest BCUT2D eigenvalue weighted by atomic mass is 9.78. The smallest absolute Gasteiger partial charge is 0.272 e. The Morgan fingerprint density at radius 3 is 2.63 bits per heavy atom. The van der Waals surface area contributed by atoms with Crippen molar-refractivity contribution >= 4 is 27.5 Å². The number of benzene rings is 1. The molecule has 0 bridgehead atoms. The Hall–Kier alpha value is -1.50. The molecule has 0 unspecified atom stereocenters. The van der Waals surface area contributed by atoms with Crippen LogP contribution in [-0.2, 0) is 0 Å². The van der Waals surface area contributed by atoms with Gasteiger partial charge in [-0.3, -0.25) is 14.9 Å². The van der Waals surface area contributed by atoms with Gasteiger partial charge in [-0.05, 0) is 25.3 Å². The van der Waals surface area contributed by atoms with Gasteiger partial charge >= 0.3 is 0 Å². The minimum Gasteiger partial charge on any atom is -0.346 e. The molecule has 1 saturated carbocycles. The number of rotatable bonds is 4. The Labute approximate surface area is 117 Å². The van der Waals surface area contributed by atoms with E-state index in [9.17, 15) is 19.3 Å². The van der Waals surface area contributed by atoms with Crippen molar-refractivity contribution in [3.63, 3.8) is 0 Å². The summed E-state index contributed by atoms with van der Waals surface area (Å²) in [5.41, 5.74) is -0.851. The number of halogens is 2. The van der Waals surface area contributed by atoms with E-state index in [2.05, 4.69) is 21.2 Å². The van der Waals surface area contributed by atoms with Crippen molar-refractivity contribution in [3.8, 4) is 0 Å². The molecule has 0 aliphatic heterocycles. The van der Waals surface area contributed by atoms with Gasteiger partial charge < -0.3 is 5.32 Å². The minimum atomic E-state index is -0.879. The molecule has 1 fully saturated rings. The van der Waals surface area contributed by atoms with E-state index in [0.717, 1.165) is 37.5 Å². The van der Waals surface area contributed by atoms with E-state index in [0.29, 0.717) is 5.33 Å². The number of non-ortho nitro benzene ring substituents is 1. The molecule has 1 aliphatic carbocycles. The Kier molecular flexibility index (Phi) is 3.84. The minimum absolute atomic E-state index is 0.169. The van der Waals surface area contributed by atoms with Gasteiger partial charge in [-0.15, -0.1) is 0 Å². The molecule has 0 spiro atoms. The molecule has 1 aliphatic rings. The molecule has 102 valence electrons. The molecule has 1 aromatic rings. The largest absolute Gasteiger partial charge is 0.346 e. The molecule has 0 radical (unpaired) electrons. The summed E-state index contributed by atoms with van der Waals surface area (Å²) in [4.78, 5) is 21.8. The zero-order chi connectivity index (χ0) is 14.0. The number of nitrogens with one attached hydrogen (secondary N) is 1. The maximum atomic E-state index is 13.7. The zero-order valence-corrected chi connectivity index (χ0v) is 11.6. The van der Waals surface area contributed by atoms with Crippen LogP contribution >= 0.6 is 15.9 Å². The lowest BCUT2D eigenvalue weighted by Crippen LogP contribution is -2.55. The van der Waals surface area contributed by atoms with E-state index in [1.54, 1.807) is 0 Å². The molecular formula is C12H12BrFN2O3. The second-order valence-electron chi connectivity index (χ2n) is 4.64. The molecule has 1 N–H and O–H groups in total. The molecule has 0 atom stereocenters. The maximum Gasteiger partial charge on any atom is 0.272 e. The van der Waals surface area contributed by atoms with Crippen LogP contribution in [0.3, 0.4) is 0 Å². The van der Waals surface area contributed by atoms with Crippen molar-refractivity contribution in [2.75, 3.05) is 5.33 Å². The number of nitro benzene ring substituents is 1. The van der Waals surface area contributed by atoms with E-state index in [1.165, 1.54) is 0 Å². The summed E-state index contributed by atoms with van der Waals surface area (Å²) in [6.07, 6.45) is 2.71. The number of amides is 1. The van der Waals surface area contributed by atoms with Crippen LogP contribution in [0.4, 0.5) is 10.1 Å². The van der Waals surface area contributed by atoms with E-state index >= 15 is 0 Å². The fourth-order valence-corrected chi connectivity index (χ4v) is 2.71. The van der Waals surface area contributed by atoms with Crippen LogP contribution in [0.25, 0.3) is 0 Å². The average molecular weight is 331 g/mol. The van der Waals surface area contributed by atoms with E-state index in [1.807, 2.05) is 0 Å². The topological polar surface area (TPSA) is 72.2 Å². The highest BCUT2D eigenvalue weighted by atomic mass is 79.9. The fraction of sp³-hybridized carbons (Fsp3) is 0.417. The number of carbonyl (C=O) groups is 1. The Bertz CT molecular complexity index is 526. The molecule has 7 heteroatoms. The number of hydrogen-bond donors (Lipinski definition) is 1. The van der Waals surface area contributed by atoms with Crippen molar-refractivity contribution in [1.82, 2.24) is 5.32 Å². The van der Waals surface area contributed by atoms with Crippen molar-refractivity contribution in [2.45, 2.75) is 24.8 Å². The van der Waals surface area contributed by atoms with Gasteiger partial charge in [-0.1, -0.05) is 15.9 Å². The lowest BCUT2D eigenvalue weighted by molar-refractivity contribution is -0.385. The van der Waals surface area contributed by atoms with E-state index in [4.69, 9.17) is 0 Å². The van der Waals surface area contributed by atoms with Gasteiger partial charge in [-0.25, -0.2) is 4.39 Å². The third-order valence-electron chi connectivity index (χ3n) is 3.35. The summed E-state index contributed by atoms with van der Waals surface area (Å²) in [7, 11) is 0. The van der Waals surface area contributed by atoms with Gasteiger partial charge in [0.1, 0.15) is 5.82 Å². The molecule has 0 aromatic heterocycles. The van der Waals surface area contributed by atoms with E-state index in [-0.39, 0.29) is 16.8 Å². The first-order valence-corrected chi connectivity index (χ1v) is 6.92. The second-order valence-corrected chi connectivity index (χ2v) is 5.20. The molecule has 19 heavy (non-hydrogen) atoms. The molecular weight excluding hydrogens is 319 g/mol. The maximum absolute atomic E-state index is 13.7. The standard InChI is InChI=1S/C12H12BrFN2O3/c13-7-12(4-1-5-12)15-11(17)9-3-2-8(16(18)19)6-10(9)14/h2-3,6H,1,4-5,7H2,(H,15,17). The third kappa shape index (κ3) is 2.75. The van der Waals surface area contributed by atoms with Crippen LogP contribution in [0.5, 0.6) is 0 Å². The fourth-order valence-electron chi connectivity index (χ4n) is 2.01. The van der Waals surface area contributed by atoms with Crippen molar-refractivity contribution < 1.29 is 14.1 Å². The predicted molar refractivity (Wildman–Crippen MR) is 70.9 cm³/mol. The van der Waals surface area contributed by atoms with Gasteiger partial charge in [0.05, 0.1) is 22.1 Å². The number of nitrogens with zero attached hydrogens (tertiary/aromatic N) is 1. The Morgan fingerprint density at radius 2 is 2.21 bits per heavy atom. The van der Waals surface area contributed by atoms with Crippen molar-refractivity contribution in [3.05, 3.63) is 39.7 Å². The second kappa shape index (κ2) is 5.24. The molecule has 0 saturated heterocycles. The summed E-state index contributed by atoms with van der Waals surface area (Å²) in [5.74, 6) is -1.41. The van der Waals surface area contributed by atoms with Crippen LogP contribution in [0.1, 0.15) is 29.6 Å². The molecule has 2 rings (SSSR count).